The first-order valence-corrected chi connectivity index (χ1v) is 6.72. The van der Waals surface area contributed by atoms with Crippen molar-refractivity contribution in [3.8, 4) is 0 Å². The summed E-state index contributed by atoms with van der Waals surface area (Å²) < 4.78 is 0. The average molecular weight is 286 g/mol. The maximum Gasteiger partial charge on any atom is 0.345 e. The summed E-state index contributed by atoms with van der Waals surface area (Å²) in [6.45, 7) is 0.527. The number of aromatic nitrogens is 2. The summed E-state index contributed by atoms with van der Waals surface area (Å²) in [6, 6.07) is 9.83. The van der Waals surface area contributed by atoms with E-state index in [1.165, 1.54) is 6.20 Å². The third kappa shape index (κ3) is 2.43. The van der Waals surface area contributed by atoms with Crippen molar-refractivity contribution in [1.29, 1.82) is 0 Å². The molecule has 0 fully saturated rings. The van der Waals surface area contributed by atoms with Crippen molar-refractivity contribution in [2.75, 3.05) is 5.32 Å². The van der Waals surface area contributed by atoms with Crippen LogP contribution in [0.1, 0.15) is 5.56 Å². The number of hydrogen-bond acceptors (Lipinski definition) is 6. The number of hydrogen-bond donors (Lipinski definition) is 1. The molecule has 0 aliphatic carbocycles. The molecule has 0 aliphatic rings. The van der Waals surface area contributed by atoms with Crippen LogP contribution in [0.5, 0.6) is 0 Å². The maximum atomic E-state index is 10.6. The first-order valence-electron chi connectivity index (χ1n) is 5.91. The van der Waals surface area contributed by atoms with Gasteiger partial charge in [-0.1, -0.05) is 24.3 Å². The molecule has 6 nitrogen and oxygen atoms in total. The molecule has 2 heterocycles. The molecule has 3 aromatic rings. The van der Waals surface area contributed by atoms with Gasteiger partial charge in [-0.25, -0.2) is 4.98 Å². The molecule has 100 valence electrons. The molecule has 0 saturated carbocycles. The molecule has 0 amide bonds. The van der Waals surface area contributed by atoms with Gasteiger partial charge in [-0.3, -0.25) is 15.1 Å². The second kappa shape index (κ2) is 5.22. The van der Waals surface area contributed by atoms with Crippen LogP contribution in [0.25, 0.3) is 10.9 Å². The van der Waals surface area contributed by atoms with Gasteiger partial charge in [0.05, 0.1) is 10.4 Å². The van der Waals surface area contributed by atoms with Crippen molar-refractivity contribution in [3.63, 3.8) is 0 Å². The summed E-state index contributed by atoms with van der Waals surface area (Å²) in [7, 11) is 0. The molecule has 1 N–H and O–H groups in total. The molecule has 0 saturated heterocycles. The number of nitrogens with zero attached hydrogens (tertiary/aromatic N) is 3. The summed E-state index contributed by atoms with van der Waals surface area (Å²) in [4.78, 5) is 18.5. The molecule has 0 unspecified atom stereocenters. The highest BCUT2D eigenvalue weighted by molar-refractivity contribution is 7.18. The van der Waals surface area contributed by atoms with Gasteiger partial charge in [-0.05, 0) is 23.0 Å². The fourth-order valence-corrected chi connectivity index (χ4v) is 2.54. The number of nitro groups is 1. The van der Waals surface area contributed by atoms with Crippen molar-refractivity contribution >= 4 is 32.4 Å². The van der Waals surface area contributed by atoms with E-state index in [-0.39, 0.29) is 5.00 Å². The minimum atomic E-state index is -0.442. The maximum absolute atomic E-state index is 10.6. The Balaban J connectivity index is 1.81. The number of fused-ring (bicyclic) bond motifs is 1. The first-order chi connectivity index (χ1) is 9.74. The van der Waals surface area contributed by atoms with Gasteiger partial charge in [0, 0.05) is 18.1 Å². The van der Waals surface area contributed by atoms with Crippen molar-refractivity contribution in [3.05, 3.63) is 58.4 Å². The van der Waals surface area contributed by atoms with E-state index in [1.54, 1.807) is 6.20 Å². The summed E-state index contributed by atoms with van der Waals surface area (Å²) >= 11 is 1.02. The Morgan fingerprint density at radius 3 is 2.90 bits per heavy atom. The third-order valence-corrected chi connectivity index (χ3v) is 3.73. The van der Waals surface area contributed by atoms with Gasteiger partial charge in [-0.2, -0.15) is 0 Å². The summed E-state index contributed by atoms with van der Waals surface area (Å²) in [5.41, 5.74) is 1.95. The molecule has 3 rings (SSSR count). The minimum absolute atomic E-state index is 0.0311. The van der Waals surface area contributed by atoms with E-state index < -0.39 is 4.92 Å². The number of anilines is 1. The SMILES string of the molecule is O=[N+]([O-])c1cnc(NCc2cccc3cccnc23)s1. The van der Waals surface area contributed by atoms with Gasteiger partial charge in [-0.15, -0.1) is 0 Å². The van der Waals surface area contributed by atoms with Gasteiger partial charge in [0.2, 0.25) is 0 Å². The largest absolute Gasteiger partial charge is 0.357 e. The minimum Gasteiger partial charge on any atom is -0.357 e. The third-order valence-electron chi connectivity index (χ3n) is 2.82. The second-order valence-corrected chi connectivity index (χ2v) is 5.12. The van der Waals surface area contributed by atoms with Crippen molar-refractivity contribution < 1.29 is 4.92 Å². The number of para-hydroxylation sites is 1. The first kappa shape index (κ1) is 12.5. The van der Waals surface area contributed by atoms with E-state index in [4.69, 9.17) is 0 Å². The normalized spacial score (nSPS) is 10.6. The van der Waals surface area contributed by atoms with E-state index in [0.29, 0.717) is 11.7 Å². The Morgan fingerprint density at radius 1 is 1.25 bits per heavy atom. The standard InChI is InChI=1S/C13H10N4O2S/c18-17(19)11-8-16-13(20-11)15-7-10-4-1-3-9-5-2-6-14-12(9)10/h1-6,8H,7H2,(H,15,16). The quantitative estimate of drug-likeness (QED) is 0.588. The van der Waals surface area contributed by atoms with Gasteiger partial charge >= 0.3 is 5.00 Å². The predicted molar refractivity (Wildman–Crippen MR) is 77.8 cm³/mol. The van der Waals surface area contributed by atoms with E-state index in [1.807, 2.05) is 30.3 Å². The lowest BCUT2D eigenvalue weighted by Crippen LogP contribution is -2.00. The molecule has 0 bridgehead atoms. The fraction of sp³-hybridized carbons (Fsp3) is 0.0769. The molecule has 0 atom stereocenters. The second-order valence-electron chi connectivity index (χ2n) is 4.11. The lowest BCUT2D eigenvalue weighted by Gasteiger charge is -2.05. The molecule has 2 aromatic heterocycles. The summed E-state index contributed by atoms with van der Waals surface area (Å²) in [5, 5.41) is 15.3. The van der Waals surface area contributed by atoms with E-state index in [2.05, 4.69) is 15.3 Å². The van der Waals surface area contributed by atoms with Crippen LogP contribution in [0.2, 0.25) is 0 Å². The van der Waals surface area contributed by atoms with Crippen LogP contribution in [-0.2, 0) is 6.54 Å². The Morgan fingerprint density at radius 2 is 2.10 bits per heavy atom. The van der Waals surface area contributed by atoms with Crippen molar-refractivity contribution in [2.24, 2.45) is 0 Å². The van der Waals surface area contributed by atoms with Crippen LogP contribution in [0.15, 0.2) is 42.7 Å². The number of nitrogens with one attached hydrogen (secondary N) is 1. The number of rotatable bonds is 4. The lowest BCUT2D eigenvalue weighted by molar-refractivity contribution is -0.380. The Hall–Kier alpha value is -2.54. The van der Waals surface area contributed by atoms with E-state index in [9.17, 15) is 10.1 Å². The van der Waals surface area contributed by atoms with Crippen LogP contribution >= 0.6 is 11.3 Å². The van der Waals surface area contributed by atoms with Gasteiger partial charge in [0.25, 0.3) is 0 Å². The molecular formula is C13H10N4O2S. The zero-order chi connectivity index (χ0) is 13.9. The topological polar surface area (TPSA) is 81.0 Å². The molecular weight excluding hydrogens is 276 g/mol. The van der Waals surface area contributed by atoms with Crippen molar-refractivity contribution in [2.45, 2.75) is 6.54 Å². The fourth-order valence-electron chi connectivity index (χ4n) is 1.91. The van der Waals surface area contributed by atoms with Crippen LogP contribution in [0, 0.1) is 10.1 Å². The van der Waals surface area contributed by atoms with E-state index in [0.717, 1.165) is 27.8 Å². The monoisotopic (exact) mass is 286 g/mol. The predicted octanol–water partition coefficient (Wildman–Crippen LogP) is 3.21. The highest BCUT2D eigenvalue weighted by Gasteiger charge is 2.11. The van der Waals surface area contributed by atoms with Crippen LogP contribution in [-0.4, -0.2) is 14.9 Å². The highest BCUT2D eigenvalue weighted by Crippen LogP contribution is 2.26. The molecule has 0 radical (unpaired) electrons. The lowest BCUT2D eigenvalue weighted by atomic mass is 10.1. The van der Waals surface area contributed by atoms with Gasteiger partial charge in [0.15, 0.2) is 5.13 Å². The number of pyridine rings is 1. The molecule has 20 heavy (non-hydrogen) atoms. The Kier molecular flexibility index (Phi) is 3.26. The molecule has 1 aromatic carbocycles. The van der Waals surface area contributed by atoms with Gasteiger partial charge < -0.3 is 5.32 Å². The van der Waals surface area contributed by atoms with Crippen LogP contribution < -0.4 is 5.32 Å². The summed E-state index contributed by atoms with van der Waals surface area (Å²) in [6.07, 6.45) is 3.01. The Labute approximate surface area is 118 Å². The van der Waals surface area contributed by atoms with Crippen molar-refractivity contribution in [1.82, 2.24) is 9.97 Å². The molecule has 0 spiro atoms. The van der Waals surface area contributed by atoms with E-state index >= 15 is 0 Å². The van der Waals surface area contributed by atoms with Crippen LogP contribution in [0.3, 0.4) is 0 Å². The average Bonchev–Trinajstić information content (AvgIpc) is 2.94. The number of benzene rings is 1. The molecule has 7 heteroatoms. The smallest absolute Gasteiger partial charge is 0.345 e. The summed E-state index contributed by atoms with van der Waals surface area (Å²) in [5.74, 6) is 0. The Bertz CT molecular complexity index is 766. The van der Waals surface area contributed by atoms with Crippen LogP contribution in [0.4, 0.5) is 10.1 Å². The molecule has 0 aliphatic heterocycles. The highest BCUT2D eigenvalue weighted by atomic mass is 32.1. The van der Waals surface area contributed by atoms with Gasteiger partial charge in [0.1, 0.15) is 6.20 Å². The number of thiazole rings is 1. The zero-order valence-electron chi connectivity index (χ0n) is 10.3. The zero-order valence-corrected chi connectivity index (χ0v) is 11.1.